The molecule has 1 aliphatic heterocycles. The molecular weight excluding hydrogens is 350 g/mol. The molecule has 27 heavy (non-hydrogen) atoms. The van der Waals surface area contributed by atoms with Crippen molar-refractivity contribution in [3.05, 3.63) is 66.8 Å². The summed E-state index contributed by atoms with van der Waals surface area (Å²) in [5.41, 5.74) is 6.74. The summed E-state index contributed by atoms with van der Waals surface area (Å²) in [6, 6.07) is 6.48. The fourth-order valence-electron chi connectivity index (χ4n) is 2.91. The second-order valence-corrected chi connectivity index (χ2v) is 6.14. The third-order valence-electron chi connectivity index (χ3n) is 4.29. The average Bonchev–Trinajstić information content (AvgIpc) is 3.07. The molecule has 0 spiro atoms. The van der Waals surface area contributed by atoms with Crippen LogP contribution in [0.25, 0.3) is 5.82 Å². The number of aromatic nitrogens is 3. The predicted octanol–water partition coefficient (Wildman–Crippen LogP) is 0.513. The Morgan fingerprint density at radius 1 is 1.33 bits per heavy atom. The number of nitrogens with zero attached hydrogens (tertiary/aromatic N) is 3. The van der Waals surface area contributed by atoms with E-state index in [-0.39, 0.29) is 12.5 Å². The van der Waals surface area contributed by atoms with Crippen LogP contribution in [0.2, 0.25) is 0 Å². The number of nitrogens with one attached hydrogen (secondary N) is 1. The number of hydrogen-bond donors (Lipinski definition) is 2. The fourth-order valence-corrected chi connectivity index (χ4v) is 2.91. The summed E-state index contributed by atoms with van der Waals surface area (Å²) in [5, 5.41) is 3.05. The van der Waals surface area contributed by atoms with Crippen LogP contribution < -0.4 is 11.1 Å². The van der Waals surface area contributed by atoms with Gasteiger partial charge in [-0.1, -0.05) is 6.07 Å². The zero-order valence-corrected chi connectivity index (χ0v) is 14.2. The Balaban J connectivity index is 1.48. The van der Waals surface area contributed by atoms with E-state index in [1.54, 1.807) is 24.8 Å². The van der Waals surface area contributed by atoms with E-state index < -0.39 is 24.0 Å². The molecule has 0 aliphatic carbocycles. The van der Waals surface area contributed by atoms with E-state index in [0.717, 1.165) is 11.3 Å². The number of carbonyl (C=O) groups is 2. The first-order valence-corrected chi connectivity index (χ1v) is 8.33. The van der Waals surface area contributed by atoms with Crippen molar-refractivity contribution < 1.29 is 18.7 Å². The topological polar surface area (TPSA) is 129 Å². The van der Waals surface area contributed by atoms with E-state index in [1.165, 1.54) is 12.5 Å². The Morgan fingerprint density at radius 3 is 2.93 bits per heavy atom. The first kappa shape index (κ1) is 17.1. The van der Waals surface area contributed by atoms with E-state index in [0.29, 0.717) is 5.82 Å². The van der Waals surface area contributed by atoms with Crippen molar-refractivity contribution in [2.24, 2.45) is 5.73 Å². The summed E-state index contributed by atoms with van der Waals surface area (Å²) in [7, 11) is 0. The van der Waals surface area contributed by atoms with Gasteiger partial charge in [0.05, 0.1) is 30.5 Å². The Labute approximate surface area is 154 Å². The van der Waals surface area contributed by atoms with Crippen LogP contribution in [0.3, 0.4) is 0 Å². The number of ketones is 1. The minimum atomic E-state index is -0.994. The molecule has 1 fully saturated rings. The highest BCUT2D eigenvalue weighted by Gasteiger charge is 2.45. The molecule has 9 heteroatoms. The second-order valence-electron chi connectivity index (χ2n) is 6.14. The summed E-state index contributed by atoms with van der Waals surface area (Å²) in [4.78, 5) is 32.0. The van der Waals surface area contributed by atoms with Gasteiger partial charge in [-0.05, 0) is 30.2 Å². The number of carbonyl (C=O) groups excluding carboxylic acids is 2. The summed E-state index contributed by atoms with van der Waals surface area (Å²) >= 11 is 0. The van der Waals surface area contributed by atoms with Crippen LogP contribution in [0.5, 0.6) is 0 Å². The lowest BCUT2D eigenvalue weighted by atomic mass is 10.0. The summed E-state index contributed by atoms with van der Waals surface area (Å²) < 4.78 is 12.5. The van der Waals surface area contributed by atoms with Crippen molar-refractivity contribution >= 4 is 11.7 Å². The van der Waals surface area contributed by atoms with Crippen LogP contribution in [-0.4, -0.2) is 38.5 Å². The molecule has 0 saturated carbocycles. The number of primary amides is 1. The highest BCUT2D eigenvalue weighted by atomic mass is 16.6. The van der Waals surface area contributed by atoms with E-state index >= 15 is 0 Å². The fraction of sp³-hybridized carbons (Fsp3) is 0.222. The maximum atomic E-state index is 12.2. The maximum Gasteiger partial charge on any atom is 0.286 e. The molecule has 3 aromatic heterocycles. The molecule has 0 radical (unpaired) electrons. The number of epoxide rings is 1. The molecule has 9 nitrogen and oxygen atoms in total. The highest BCUT2D eigenvalue weighted by molar-refractivity contribution is 6.37. The lowest BCUT2D eigenvalue weighted by molar-refractivity contribution is -0.137. The Morgan fingerprint density at radius 2 is 2.22 bits per heavy atom. The van der Waals surface area contributed by atoms with Gasteiger partial charge in [0.25, 0.3) is 5.91 Å². The molecule has 0 bridgehead atoms. The van der Waals surface area contributed by atoms with Gasteiger partial charge >= 0.3 is 0 Å². The maximum absolute atomic E-state index is 12.2. The average molecular weight is 367 g/mol. The quantitative estimate of drug-likeness (QED) is 0.438. The molecule has 1 aliphatic rings. The third kappa shape index (κ3) is 3.64. The predicted molar refractivity (Wildman–Crippen MR) is 92.5 cm³/mol. The number of imidazole rings is 1. The Kier molecular flexibility index (Phi) is 4.53. The van der Waals surface area contributed by atoms with Gasteiger partial charge in [0.2, 0.25) is 5.78 Å². The van der Waals surface area contributed by atoms with Crippen molar-refractivity contribution in [3.63, 3.8) is 0 Å². The van der Waals surface area contributed by atoms with Gasteiger partial charge in [0.15, 0.2) is 0 Å². The van der Waals surface area contributed by atoms with Crippen molar-refractivity contribution in [1.82, 2.24) is 19.9 Å². The Hall–Kier alpha value is -3.30. The van der Waals surface area contributed by atoms with Crippen LogP contribution in [0, 0.1) is 0 Å². The van der Waals surface area contributed by atoms with E-state index in [2.05, 4.69) is 15.3 Å². The number of ether oxygens (including phenoxy) is 1. The van der Waals surface area contributed by atoms with Gasteiger partial charge in [-0.3, -0.25) is 19.5 Å². The molecular formula is C18H17N5O4. The third-order valence-corrected chi connectivity index (χ3v) is 4.29. The number of amides is 1. The SMILES string of the molecule is NC(=O)C(=O)C(Cc1ccoc1)NC1OC1c1cncn1-c1ccccn1. The molecule has 4 rings (SSSR count). The van der Waals surface area contributed by atoms with E-state index in [4.69, 9.17) is 14.9 Å². The molecule has 3 unspecified atom stereocenters. The highest BCUT2D eigenvalue weighted by Crippen LogP contribution is 2.37. The standard InChI is InChI=1S/C18H17N5O4/c19-17(25)15(24)12(7-11-4-6-26-9-11)22-18-16(27-18)13-8-20-10-23(13)14-3-1-2-5-21-14/h1-6,8-10,12,16,18,22H,7H2,(H2,19,25). The first-order valence-electron chi connectivity index (χ1n) is 8.33. The molecule has 3 N–H and O–H groups in total. The van der Waals surface area contributed by atoms with Crippen LogP contribution in [0.15, 0.2) is 59.9 Å². The monoisotopic (exact) mass is 367 g/mol. The lowest BCUT2D eigenvalue weighted by Gasteiger charge is -2.14. The first-order chi connectivity index (χ1) is 13.1. The molecule has 1 saturated heterocycles. The minimum Gasteiger partial charge on any atom is -0.472 e. The van der Waals surface area contributed by atoms with E-state index in [1.807, 2.05) is 22.8 Å². The second kappa shape index (κ2) is 7.14. The number of Topliss-reactive ketones (excluding diaryl/α,β-unsaturated/α-hetero) is 1. The van der Waals surface area contributed by atoms with Crippen LogP contribution >= 0.6 is 0 Å². The van der Waals surface area contributed by atoms with Gasteiger partial charge in [0, 0.05) is 6.20 Å². The number of rotatable bonds is 8. The molecule has 4 heterocycles. The minimum absolute atomic E-state index is 0.268. The van der Waals surface area contributed by atoms with Crippen LogP contribution in [0.1, 0.15) is 17.4 Å². The van der Waals surface area contributed by atoms with Crippen molar-refractivity contribution in [2.75, 3.05) is 0 Å². The molecule has 138 valence electrons. The zero-order valence-electron chi connectivity index (χ0n) is 14.2. The van der Waals surface area contributed by atoms with Gasteiger partial charge in [-0.2, -0.15) is 0 Å². The lowest BCUT2D eigenvalue weighted by Crippen LogP contribution is -2.46. The van der Waals surface area contributed by atoms with Crippen LogP contribution in [-0.2, 0) is 20.7 Å². The normalized spacial score (nSPS) is 19.6. The van der Waals surface area contributed by atoms with Gasteiger partial charge in [-0.15, -0.1) is 0 Å². The van der Waals surface area contributed by atoms with Crippen LogP contribution in [0.4, 0.5) is 0 Å². The summed E-state index contributed by atoms with van der Waals surface area (Å²) in [6.07, 6.45) is 7.55. The van der Waals surface area contributed by atoms with Gasteiger partial charge in [-0.25, -0.2) is 9.97 Å². The van der Waals surface area contributed by atoms with Crippen molar-refractivity contribution in [3.8, 4) is 5.82 Å². The Bertz CT molecular complexity index is 938. The smallest absolute Gasteiger partial charge is 0.286 e. The number of furan rings is 1. The molecule has 3 aromatic rings. The van der Waals surface area contributed by atoms with E-state index in [9.17, 15) is 9.59 Å². The molecule has 0 aromatic carbocycles. The van der Waals surface area contributed by atoms with Crippen molar-refractivity contribution in [2.45, 2.75) is 24.8 Å². The number of pyridine rings is 1. The number of nitrogens with two attached hydrogens (primary N) is 1. The molecule has 3 atom stereocenters. The zero-order chi connectivity index (χ0) is 18.8. The van der Waals surface area contributed by atoms with Gasteiger partial charge < -0.3 is 14.9 Å². The van der Waals surface area contributed by atoms with Gasteiger partial charge in [0.1, 0.15) is 24.5 Å². The molecule has 1 amide bonds. The summed E-state index contributed by atoms with van der Waals surface area (Å²) in [5.74, 6) is -0.988. The van der Waals surface area contributed by atoms with Crippen molar-refractivity contribution in [1.29, 1.82) is 0 Å². The number of hydrogen-bond acceptors (Lipinski definition) is 7. The largest absolute Gasteiger partial charge is 0.472 e. The summed E-state index contributed by atoms with van der Waals surface area (Å²) in [6.45, 7) is 0.